The van der Waals surface area contributed by atoms with E-state index < -0.39 is 0 Å². The second-order valence-corrected chi connectivity index (χ2v) is 14.3. The van der Waals surface area contributed by atoms with E-state index in [1.807, 2.05) is 0 Å². The van der Waals surface area contributed by atoms with Crippen LogP contribution in [0.3, 0.4) is 0 Å². The Bertz CT molecular complexity index is 2030. The zero-order valence-electron chi connectivity index (χ0n) is 25.5. The second kappa shape index (κ2) is 10.8. The SMILES string of the molecule is C=C(C=C1[C](=[V])C(C2CCCC2C2c3ccccc3-c3cccc4c3C2c2ccccc2-4)c2ccccc21)Cc1ccccc1. The summed E-state index contributed by atoms with van der Waals surface area (Å²) in [6, 6.07) is 45.6. The number of benzene rings is 5. The molecule has 0 saturated heterocycles. The van der Waals surface area contributed by atoms with Crippen LogP contribution in [-0.2, 0) is 23.4 Å². The molecule has 0 bridgehead atoms. The summed E-state index contributed by atoms with van der Waals surface area (Å²) in [6.07, 6.45) is 7.14. The number of rotatable bonds is 5. The number of hydrogen-bond donors (Lipinski definition) is 0. The van der Waals surface area contributed by atoms with E-state index in [4.69, 9.17) is 0 Å². The minimum absolute atomic E-state index is 0.417. The molecule has 0 radical (unpaired) electrons. The van der Waals surface area contributed by atoms with Crippen molar-refractivity contribution in [3.05, 3.63) is 173 Å². The topological polar surface area (TPSA) is 0 Å². The van der Waals surface area contributed by atoms with Gasteiger partial charge in [0.05, 0.1) is 0 Å². The quantitative estimate of drug-likeness (QED) is 0.185. The van der Waals surface area contributed by atoms with Crippen molar-refractivity contribution >= 4 is 9.80 Å². The van der Waals surface area contributed by atoms with E-state index in [1.165, 1.54) is 79.1 Å². The first-order valence-corrected chi connectivity index (χ1v) is 17.3. The van der Waals surface area contributed by atoms with Crippen molar-refractivity contribution in [2.45, 2.75) is 43.4 Å². The zero-order valence-corrected chi connectivity index (χ0v) is 26.9. The van der Waals surface area contributed by atoms with Gasteiger partial charge in [-0.1, -0.05) is 0 Å². The summed E-state index contributed by atoms with van der Waals surface area (Å²) in [6.45, 7) is 4.53. The summed E-state index contributed by atoms with van der Waals surface area (Å²) in [5.74, 6) is 2.51. The third-order valence-corrected chi connectivity index (χ3v) is 12.1. The van der Waals surface area contributed by atoms with Crippen LogP contribution in [0.2, 0.25) is 0 Å². The first-order valence-electron chi connectivity index (χ1n) is 16.6. The average molecular weight is 616 g/mol. The Labute approximate surface area is 276 Å². The molecule has 5 unspecified atom stereocenters. The van der Waals surface area contributed by atoms with Crippen LogP contribution in [-0.4, -0.2) is 4.23 Å². The van der Waals surface area contributed by atoms with Gasteiger partial charge < -0.3 is 0 Å². The van der Waals surface area contributed by atoms with Crippen LogP contribution < -0.4 is 0 Å². The summed E-state index contributed by atoms with van der Waals surface area (Å²) in [4.78, 5) is 0. The third-order valence-electron chi connectivity index (χ3n) is 11.3. The monoisotopic (exact) mass is 615 g/mol. The van der Waals surface area contributed by atoms with E-state index in [0.29, 0.717) is 29.6 Å². The van der Waals surface area contributed by atoms with E-state index in [1.54, 1.807) is 11.1 Å². The maximum atomic E-state index is 4.53. The van der Waals surface area contributed by atoms with Gasteiger partial charge in [0.25, 0.3) is 0 Å². The van der Waals surface area contributed by atoms with E-state index in [9.17, 15) is 0 Å². The molecule has 0 amide bonds. The van der Waals surface area contributed by atoms with Gasteiger partial charge in [0.15, 0.2) is 0 Å². The molecule has 5 aromatic rings. The van der Waals surface area contributed by atoms with Crippen LogP contribution in [0.4, 0.5) is 0 Å². The van der Waals surface area contributed by atoms with Crippen LogP contribution in [0, 0.1) is 11.8 Å². The van der Waals surface area contributed by atoms with Gasteiger partial charge in [-0.05, 0) is 0 Å². The molecule has 1 fully saturated rings. The van der Waals surface area contributed by atoms with Crippen LogP contribution in [0.5, 0.6) is 0 Å². The van der Waals surface area contributed by atoms with Crippen LogP contribution in [0.25, 0.3) is 27.8 Å². The Kier molecular flexibility index (Phi) is 6.59. The fourth-order valence-electron chi connectivity index (χ4n) is 9.64. The number of hydrogen-bond acceptors (Lipinski definition) is 0. The molecule has 0 N–H and O–H groups in total. The van der Waals surface area contributed by atoms with E-state index in [-0.39, 0.29) is 0 Å². The van der Waals surface area contributed by atoms with Gasteiger partial charge in [-0.25, -0.2) is 0 Å². The molecule has 4 aliphatic carbocycles. The minimum atomic E-state index is 0.417. The fourth-order valence-corrected chi connectivity index (χ4v) is 10.4. The van der Waals surface area contributed by atoms with E-state index >= 15 is 0 Å². The Hall–Kier alpha value is -3.97. The fraction of sp³-hybridized carbons (Fsp3) is 0.205. The van der Waals surface area contributed by atoms with Crippen molar-refractivity contribution in [1.82, 2.24) is 0 Å². The first kappa shape index (κ1) is 27.4. The number of fused-ring (bicyclic) bond motifs is 6. The molecule has 1 saturated carbocycles. The van der Waals surface area contributed by atoms with Crippen molar-refractivity contribution in [2.75, 3.05) is 0 Å². The summed E-state index contributed by atoms with van der Waals surface area (Å²) >= 11 is 3.04. The summed E-state index contributed by atoms with van der Waals surface area (Å²) in [7, 11) is 0. The van der Waals surface area contributed by atoms with Crippen molar-refractivity contribution in [3.8, 4) is 22.3 Å². The van der Waals surface area contributed by atoms with E-state index in [0.717, 1.165) is 6.42 Å². The van der Waals surface area contributed by atoms with Crippen molar-refractivity contribution < 1.29 is 17.0 Å². The van der Waals surface area contributed by atoms with Crippen LogP contribution >= 0.6 is 0 Å². The van der Waals surface area contributed by atoms with Gasteiger partial charge in [0, 0.05) is 0 Å². The molecule has 217 valence electrons. The van der Waals surface area contributed by atoms with Gasteiger partial charge in [0.1, 0.15) is 0 Å². The van der Waals surface area contributed by atoms with Crippen molar-refractivity contribution in [2.24, 2.45) is 11.8 Å². The summed E-state index contributed by atoms with van der Waals surface area (Å²) in [5.41, 5.74) is 17.3. The molecule has 9 rings (SSSR count). The normalized spacial score (nSPS) is 24.6. The van der Waals surface area contributed by atoms with Crippen LogP contribution in [0.15, 0.2) is 140 Å². The van der Waals surface area contributed by atoms with Crippen molar-refractivity contribution in [3.63, 3.8) is 0 Å². The van der Waals surface area contributed by atoms with Gasteiger partial charge >= 0.3 is 277 Å². The Balaban J connectivity index is 1.14. The van der Waals surface area contributed by atoms with Gasteiger partial charge in [-0.2, -0.15) is 0 Å². The molecular weight excluding hydrogens is 579 g/mol. The van der Waals surface area contributed by atoms with Gasteiger partial charge in [-0.15, -0.1) is 0 Å². The summed E-state index contributed by atoms with van der Waals surface area (Å²) in [5, 5.41) is 0. The molecule has 0 aliphatic heterocycles. The predicted octanol–water partition coefficient (Wildman–Crippen LogP) is 10.7. The predicted molar refractivity (Wildman–Crippen MR) is 184 cm³/mol. The molecular formula is C44H36V. The molecule has 0 spiro atoms. The summed E-state index contributed by atoms with van der Waals surface area (Å²) < 4.78 is 1.48. The molecule has 5 atom stereocenters. The third kappa shape index (κ3) is 4.23. The standard InChI is InChI=1S/C44H36.V/c1-28(25-29-13-3-2-4-14-29)26-30-27-41(32-16-6-5-15-31(30)32)35-21-11-22-39(35)42-36-19-9-7-17-33(36)37-23-12-24-38-34-18-8-10-20-40(34)44(42)43(37)38;/h2-10,12-20,23-24,26,35,39,41-42,44H,1,11,21-22,25H2;. The molecule has 1 heteroatoms. The Morgan fingerprint density at radius 3 is 1.89 bits per heavy atom. The van der Waals surface area contributed by atoms with Crippen LogP contribution in [0.1, 0.15) is 70.4 Å². The van der Waals surface area contributed by atoms with Gasteiger partial charge in [0.2, 0.25) is 0 Å². The van der Waals surface area contributed by atoms with Gasteiger partial charge in [-0.3, -0.25) is 0 Å². The molecule has 4 aliphatic rings. The number of allylic oxidation sites excluding steroid dienone is 3. The molecule has 5 aromatic carbocycles. The Morgan fingerprint density at radius 1 is 0.600 bits per heavy atom. The molecule has 0 aromatic heterocycles. The molecule has 45 heavy (non-hydrogen) atoms. The maximum absolute atomic E-state index is 4.53. The molecule has 0 heterocycles. The van der Waals surface area contributed by atoms with E-state index in [2.05, 4.69) is 151 Å². The first-order chi connectivity index (χ1) is 22.2. The Morgan fingerprint density at radius 2 is 1.16 bits per heavy atom. The average Bonchev–Trinajstić information content (AvgIpc) is 3.76. The second-order valence-electron chi connectivity index (χ2n) is 13.5. The molecule has 0 nitrogen and oxygen atoms in total. The van der Waals surface area contributed by atoms with Crippen molar-refractivity contribution in [1.29, 1.82) is 0 Å². The zero-order chi connectivity index (χ0) is 30.1.